The maximum atomic E-state index is 10.6. The largest absolute Gasteiger partial charge is 0.490 e. The second-order valence-corrected chi connectivity index (χ2v) is 8.70. The minimum absolute atomic E-state index is 0.761. The molecule has 9 nitrogen and oxygen atoms in total. The van der Waals surface area contributed by atoms with Crippen molar-refractivity contribution in [3.8, 4) is 0 Å². The number of pyridine rings is 1. The van der Waals surface area contributed by atoms with Gasteiger partial charge in [0, 0.05) is 51.2 Å². The number of hydrogen-bond donors (Lipinski definition) is 3. The van der Waals surface area contributed by atoms with E-state index in [1.54, 1.807) is 0 Å². The van der Waals surface area contributed by atoms with Crippen molar-refractivity contribution >= 4 is 17.9 Å². The average molecular weight is 601 g/mol. The first-order chi connectivity index (χ1) is 18.1. The van der Waals surface area contributed by atoms with Crippen LogP contribution in [0.15, 0.2) is 24.5 Å². The lowest BCUT2D eigenvalue weighted by atomic mass is 10.0. The highest BCUT2D eigenvalue weighted by Crippen LogP contribution is 2.33. The van der Waals surface area contributed by atoms with E-state index < -0.39 is 36.4 Å². The van der Waals surface area contributed by atoms with Gasteiger partial charge in [0.05, 0.1) is 0 Å². The van der Waals surface area contributed by atoms with E-state index in [1.165, 1.54) is 38.2 Å². The molecule has 0 spiro atoms. The van der Waals surface area contributed by atoms with Gasteiger partial charge in [0.15, 0.2) is 0 Å². The first-order valence-electron chi connectivity index (χ1n) is 11.3. The third-order valence-electron chi connectivity index (χ3n) is 5.66. The van der Waals surface area contributed by atoms with Crippen LogP contribution in [0.1, 0.15) is 25.8 Å². The van der Waals surface area contributed by atoms with E-state index in [-0.39, 0.29) is 0 Å². The molecule has 0 saturated carbocycles. The zero-order chi connectivity index (χ0) is 31.5. The molecule has 1 aromatic heterocycles. The molecule has 40 heavy (non-hydrogen) atoms. The van der Waals surface area contributed by atoms with E-state index in [4.69, 9.17) is 29.7 Å². The van der Waals surface area contributed by atoms with E-state index in [0.29, 0.717) is 0 Å². The van der Waals surface area contributed by atoms with E-state index in [9.17, 15) is 39.5 Å². The highest BCUT2D eigenvalue weighted by molar-refractivity contribution is 5.73. The molecule has 3 rings (SSSR count). The highest BCUT2D eigenvalue weighted by atomic mass is 19.4. The van der Waals surface area contributed by atoms with Crippen LogP contribution >= 0.6 is 0 Å². The van der Waals surface area contributed by atoms with E-state index >= 15 is 0 Å². The molecule has 3 heterocycles. The van der Waals surface area contributed by atoms with Gasteiger partial charge in [-0.1, -0.05) is 13.0 Å². The molecular formula is C22H28F9N3O6. The van der Waals surface area contributed by atoms with Gasteiger partial charge in [-0.25, -0.2) is 14.4 Å². The van der Waals surface area contributed by atoms with Crippen LogP contribution in [0.3, 0.4) is 0 Å². The van der Waals surface area contributed by atoms with E-state index in [1.807, 2.05) is 18.5 Å². The predicted molar refractivity (Wildman–Crippen MR) is 119 cm³/mol. The van der Waals surface area contributed by atoms with Crippen molar-refractivity contribution < 1.29 is 69.2 Å². The Morgan fingerprint density at radius 3 is 1.50 bits per heavy atom. The molecule has 2 fully saturated rings. The number of rotatable bonds is 4. The molecular weight excluding hydrogens is 573 g/mol. The molecule has 3 N–H and O–H groups in total. The molecule has 18 heteroatoms. The number of carboxylic acids is 3. The number of carbonyl (C=O) groups is 3. The lowest BCUT2D eigenvalue weighted by Crippen LogP contribution is -2.34. The Hall–Kier alpha value is -3.15. The lowest BCUT2D eigenvalue weighted by Gasteiger charge is -2.25. The molecule has 2 aliphatic rings. The van der Waals surface area contributed by atoms with Crippen molar-refractivity contribution in [2.45, 2.75) is 51.4 Å². The van der Waals surface area contributed by atoms with Gasteiger partial charge in [-0.05, 0) is 36.8 Å². The molecule has 0 aliphatic carbocycles. The Bertz CT molecular complexity index is 872. The molecule has 1 aromatic rings. The minimum Gasteiger partial charge on any atom is -0.475 e. The van der Waals surface area contributed by atoms with E-state index in [0.717, 1.165) is 24.4 Å². The monoisotopic (exact) mass is 601 g/mol. The van der Waals surface area contributed by atoms with Crippen LogP contribution in [0, 0.1) is 11.8 Å². The second-order valence-electron chi connectivity index (χ2n) is 8.70. The van der Waals surface area contributed by atoms with E-state index in [2.05, 4.69) is 34.7 Å². The fourth-order valence-corrected chi connectivity index (χ4v) is 3.62. The van der Waals surface area contributed by atoms with Crippen LogP contribution in [0.25, 0.3) is 0 Å². The number of aromatic nitrogens is 1. The third kappa shape index (κ3) is 14.3. The molecule has 2 saturated heterocycles. The quantitative estimate of drug-likeness (QED) is 0.436. The fourth-order valence-electron chi connectivity index (χ4n) is 3.62. The van der Waals surface area contributed by atoms with Gasteiger partial charge in [-0.15, -0.1) is 0 Å². The Balaban J connectivity index is 0.000000603. The number of halogens is 9. The van der Waals surface area contributed by atoms with Crippen LogP contribution in [0.2, 0.25) is 0 Å². The molecule has 0 radical (unpaired) electrons. The number of likely N-dealkylation sites (tertiary alicyclic amines) is 2. The third-order valence-corrected chi connectivity index (χ3v) is 5.66. The summed E-state index contributed by atoms with van der Waals surface area (Å²) in [6.07, 6.45) is -10.1. The zero-order valence-corrected chi connectivity index (χ0v) is 21.1. The zero-order valence-electron chi connectivity index (χ0n) is 21.1. The molecule has 0 aromatic carbocycles. The van der Waals surface area contributed by atoms with Crippen LogP contribution in [0.5, 0.6) is 0 Å². The number of nitrogens with zero attached hydrogens (tertiary/aromatic N) is 3. The molecule has 3 atom stereocenters. The Morgan fingerprint density at radius 1 is 0.850 bits per heavy atom. The Kier molecular flexibility index (Phi) is 14.4. The molecule has 0 bridgehead atoms. The van der Waals surface area contributed by atoms with Gasteiger partial charge < -0.3 is 20.2 Å². The van der Waals surface area contributed by atoms with Crippen LogP contribution in [0.4, 0.5) is 39.5 Å². The number of carboxylic acid groups (broad SMARTS) is 3. The summed E-state index contributed by atoms with van der Waals surface area (Å²) in [5.41, 5.74) is 1.35. The summed E-state index contributed by atoms with van der Waals surface area (Å²) >= 11 is 0. The molecule has 1 unspecified atom stereocenters. The second kappa shape index (κ2) is 15.6. The standard InChI is InChI=1S/C16H25N3.3C2HF3O2/c1-3-13(2)19-11-15-9-18(10-16(15)12-19)8-14-5-4-6-17-7-14;3*3-2(4,5)1(6)7/h4-7,13,15-16H,3,8-12H2,1-2H3;3*(H,6,7)/t13?,15-,16+;;;. The molecule has 230 valence electrons. The van der Waals surface area contributed by atoms with Crippen LogP contribution in [-0.2, 0) is 20.9 Å². The summed E-state index contributed by atoms with van der Waals surface area (Å²) in [5.74, 6) is -6.48. The van der Waals surface area contributed by atoms with Crippen molar-refractivity contribution in [2.24, 2.45) is 11.8 Å². The maximum absolute atomic E-state index is 10.6. The average Bonchev–Trinajstić information content (AvgIpc) is 3.37. The SMILES string of the molecule is CCC(C)N1C[C@H]2CN(Cc3cccnc3)C[C@H]2C1.O=C(O)C(F)(F)F.O=C(O)C(F)(F)F.O=C(O)C(F)(F)F. The number of hydrogen-bond acceptors (Lipinski definition) is 6. The summed E-state index contributed by atoms with van der Waals surface area (Å²) in [5, 5.41) is 21.4. The highest BCUT2D eigenvalue weighted by Gasteiger charge is 2.41. The van der Waals surface area contributed by atoms with Crippen molar-refractivity contribution in [1.29, 1.82) is 0 Å². The molecule has 2 aliphatic heterocycles. The summed E-state index contributed by atoms with van der Waals surface area (Å²) in [4.78, 5) is 36.2. The van der Waals surface area contributed by atoms with Crippen LogP contribution < -0.4 is 0 Å². The van der Waals surface area contributed by atoms with Gasteiger partial charge in [0.25, 0.3) is 0 Å². The summed E-state index contributed by atoms with van der Waals surface area (Å²) < 4.78 is 95.2. The Labute approximate surface area is 222 Å². The lowest BCUT2D eigenvalue weighted by molar-refractivity contribution is -0.193. The smallest absolute Gasteiger partial charge is 0.475 e. The van der Waals surface area contributed by atoms with Crippen LogP contribution in [-0.4, -0.2) is 98.8 Å². The number of alkyl halides is 9. The predicted octanol–water partition coefficient (Wildman–Crippen LogP) is 4.14. The fraction of sp³-hybridized carbons (Fsp3) is 0.636. The van der Waals surface area contributed by atoms with Gasteiger partial charge in [0.2, 0.25) is 0 Å². The molecule has 0 amide bonds. The van der Waals surface area contributed by atoms with Gasteiger partial charge in [0.1, 0.15) is 0 Å². The van der Waals surface area contributed by atoms with Crippen molar-refractivity contribution in [3.05, 3.63) is 30.1 Å². The van der Waals surface area contributed by atoms with Gasteiger partial charge in [-0.2, -0.15) is 39.5 Å². The first kappa shape index (κ1) is 36.8. The summed E-state index contributed by atoms with van der Waals surface area (Å²) in [7, 11) is 0. The van der Waals surface area contributed by atoms with Gasteiger partial charge in [-0.3, -0.25) is 9.88 Å². The topological polar surface area (TPSA) is 131 Å². The van der Waals surface area contributed by atoms with Crippen molar-refractivity contribution in [1.82, 2.24) is 14.8 Å². The number of aliphatic carboxylic acids is 3. The Morgan fingerprint density at radius 2 is 1.23 bits per heavy atom. The number of fused-ring (bicyclic) bond motifs is 1. The minimum atomic E-state index is -5.08. The van der Waals surface area contributed by atoms with Crippen molar-refractivity contribution in [3.63, 3.8) is 0 Å². The van der Waals surface area contributed by atoms with Crippen molar-refractivity contribution in [2.75, 3.05) is 26.2 Å². The first-order valence-corrected chi connectivity index (χ1v) is 11.3. The maximum Gasteiger partial charge on any atom is 0.490 e. The normalized spacial score (nSPS) is 20.0. The van der Waals surface area contributed by atoms with Gasteiger partial charge >= 0.3 is 36.4 Å². The summed E-state index contributed by atoms with van der Waals surface area (Å²) in [6.45, 7) is 10.9. The summed E-state index contributed by atoms with van der Waals surface area (Å²) in [6, 6.07) is 4.99.